The molecule has 2 aliphatic rings. The highest BCUT2D eigenvalue weighted by Gasteiger charge is 2.21. The van der Waals surface area contributed by atoms with E-state index in [1.165, 1.54) is 20.9 Å². The van der Waals surface area contributed by atoms with Crippen molar-refractivity contribution >= 4 is 22.6 Å². The Labute approximate surface area is 142 Å². The molecule has 0 amide bonds. The molecule has 0 radical (unpaired) electrons. The second-order valence-electron chi connectivity index (χ2n) is 6.39. The number of hydrazine groups is 1. The highest BCUT2D eigenvalue weighted by Crippen LogP contribution is 2.35. The molecule has 1 fully saturated rings. The van der Waals surface area contributed by atoms with Gasteiger partial charge in [-0.3, -0.25) is 0 Å². The van der Waals surface area contributed by atoms with Crippen LogP contribution in [0, 0.1) is 12.8 Å². The van der Waals surface area contributed by atoms with Gasteiger partial charge in [-0.1, -0.05) is 18.2 Å². The predicted molar refractivity (Wildman–Crippen MR) is 97.6 cm³/mol. The first kappa shape index (κ1) is 16.3. The number of hydrogen-bond acceptors (Lipinski definition) is 5. The van der Waals surface area contributed by atoms with E-state index in [0.717, 1.165) is 18.9 Å². The van der Waals surface area contributed by atoms with Crippen molar-refractivity contribution in [2.24, 2.45) is 11.8 Å². The van der Waals surface area contributed by atoms with E-state index in [0.29, 0.717) is 12.0 Å². The molecule has 3 heterocycles. The summed E-state index contributed by atoms with van der Waals surface area (Å²) in [6.45, 7) is 5.95. The Morgan fingerprint density at radius 2 is 2.22 bits per heavy atom. The average molecular weight is 331 g/mol. The SMILES string of the molecule is Cc1sc(C2=CN(C)C(C)C=C2)cc1/C(=C/C1COC1)N(C)N. The molecule has 3 rings (SSSR count). The standard InChI is InChI=1S/C18H25N3OS/c1-12-5-6-15(9-20(12)3)18-8-16(13(2)23-18)17(21(4)19)7-14-10-22-11-14/h5-9,12,14H,10-11,19H2,1-4H3/b17-7-. The fraction of sp³-hybridized carbons (Fsp3) is 0.444. The van der Waals surface area contributed by atoms with Gasteiger partial charge < -0.3 is 14.6 Å². The molecule has 2 aliphatic heterocycles. The summed E-state index contributed by atoms with van der Waals surface area (Å²) in [5.41, 5.74) is 3.56. The lowest BCUT2D eigenvalue weighted by atomic mass is 10.0. The van der Waals surface area contributed by atoms with Gasteiger partial charge >= 0.3 is 0 Å². The summed E-state index contributed by atoms with van der Waals surface area (Å²) < 4.78 is 5.28. The number of nitrogens with zero attached hydrogens (tertiary/aromatic N) is 2. The van der Waals surface area contributed by atoms with Crippen LogP contribution >= 0.6 is 11.3 Å². The summed E-state index contributed by atoms with van der Waals surface area (Å²) in [7, 11) is 4.02. The van der Waals surface area contributed by atoms with E-state index in [-0.39, 0.29) is 0 Å². The van der Waals surface area contributed by atoms with Gasteiger partial charge in [-0.25, -0.2) is 5.84 Å². The molecule has 5 heteroatoms. The third-order valence-electron chi connectivity index (χ3n) is 4.46. The lowest BCUT2D eigenvalue weighted by Gasteiger charge is -2.26. The van der Waals surface area contributed by atoms with Gasteiger partial charge in [0.15, 0.2) is 0 Å². The van der Waals surface area contributed by atoms with Gasteiger partial charge in [0.2, 0.25) is 0 Å². The van der Waals surface area contributed by atoms with Crippen molar-refractivity contribution in [3.63, 3.8) is 0 Å². The zero-order valence-electron chi connectivity index (χ0n) is 14.2. The van der Waals surface area contributed by atoms with E-state index in [4.69, 9.17) is 10.6 Å². The van der Waals surface area contributed by atoms with Crippen LogP contribution in [0.25, 0.3) is 11.3 Å². The molecule has 1 unspecified atom stereocenters. The molecule has 0 bridgehead atoms. The smallest absolute Gasteiger partial charge is 0.0562 e. The van der Waals surface area contributed by atoms with Crippen molar-refractivity contribution in [1.29, 1.82) is 0 Å². The second kappa shape index (κ2) is 6.51. The van der Waals surface area contributed by atoms with Gasteiger partial charge in [-0.15, -0.1) is 11.3 Å². The predicted octanol–water partition coefficient (Wildman–Crippen LogP) is 3.08. The molecule has 0 saturated carbocycles. The van der Waals surface area contributed by atoms with Gasteiger partial charge in [0.1, 0.15) is 0 Å². The van der Waals surface area contributed by atoms with E-state index in [2.05, 4.69) is 56.3 Å². The monoisotopic (exact) mass is 331 g/mol. The van der Waals surface area contributed by atoms with Crippen LogP contribution in [-0.4, -0.2) is 43.3 Å². The van der Waals surface area contributed by atoms with Crippen molar-refractivity contribution in [2.45, 2.75) is 19.9 Å². The lowest BCUT2D eigenvalue weighted by molar-refractivity contribution is -0.00777. The van der Waals surface area contributed by atoms with Crippen LogP contribution < -0.4 is 5.84 Å². The molecule has 1 saturated heterocycles. The minimum Gasteiger partial charge on any atom is -0.380 e. The van der Waals surface area contributed by atoms with Gasteiger partial charge in [0, 0.05) is 53.1 Å². The average Bonchev–Trinajstić information content (AvgIpc) is 2.82. The number of ether oxygens (including phenoxy) is 1. The molecule has 0 aromatic carbocycles. The van der Waals surface area contributed by atoms with E-state index in [9.17, 15) is 0 Å². The molecule has 0 spiro atoms. The van der Waals surface area contributed by atoms with Gasteiger partial charge in [0.25, 0.3) is 0 Å². The molecule has 0 aliphatic carbocycles. The molecule has 4 nitrogen and oxygen atoms in total. The second-order valence-corrected chi connectivity index (χ2v) is 7.65. The van der Waals surface area contributed by atoms with Crippen molar-refractivity contribution in [1.82, 2.24) is 9.91 Å². The fourth-order valence-corrected chi connectivity index (χ4v) is 3.77. The largest absolute Gasteiger partial charge is 0.380 e. The van der Waals surface area contributed by atoms with E-state index >= 15 is 0 Å². The maximum Gasteiger partial charge on any atom is 0.0562 e. The van der Waals surface area contributed by atoms with Crippen LogP contribution in [0.15, 0.2) is 30.5 Å². The summed E-state index contributed by atoms with van der Waals surface area (Å²) in [5.74, 6) is 6.56. The quantitative estimate of drug-likeness (QED) is 0.680. The third-order valence-corrected chi connectivity index (χ3v) is 5.55. The number of hydrogen-bond donors (Lipinski definition) is 1. The van der Waals surface area contributed by atoms with Crippen LogP contribution in [0.3, 0.4) is 0 Å². The minimum atomic E-state index is 0.448. The summed E-state index contributed by atoms with van der Waals surface area (Å²) >= 11 is 1.82. The number of nitrogens with two attached hydrogens (primary N) is 1. The molecule has 1 atom stereocenters. The minimum absolute atomic E-state index is 0.448. The van der Waals surface area contributed by atoms with E-state index < -0.39 is 0 Å². The Kier molecular flexibility index (Phi) is 4.62. The molecular formula is C18H25N3OS. The summed E-state index contributed by atoms with van der Waals surface area (Å²) in [6, 6.07) is 2.71. The van der Waals surface area contributed by atoms with Crippen LogP contribution in [-0.2, 0) is 4.74 Å². The number of allylic oxidation sites excluding steroid dienone is 2. The summed E-state index contributed by atoms with van der Waals surface area (Å²) in [4.78, 5) is 4.81. The van der Waals surface area contributed by atoms with E-state index in [1.54, 1.807) is 5.01 Å². The Morgan fingerprint density at radius 1 is 1.48 bits per heavy atom. The normalized spacial score (nSPS) is 22.1. The van der Waals surface area contributed by atoms with Gasteiger partial charge in [-0.2, -0.15) is 0 Å². The number of likely N-dealkylation sites (N-methyl/N-ethyl adjacent to an activating group) is 1. The molecule has 2 N–H and O–H groups in total. The van der Waals surface area contributed by atoms with Crippen LogP contribution in [0.1, 0.15) is 22.2 Å². The maximum atomic E-state index is 6.08. The Balaban J connectivity index is 1.92. The zero-order chi connectivity index (χ0) is 16.6. The molecular weight excluding hydrogens is 306 g/mol. The highest BCUT2D eigenvalue weighted by molar-refractivity contribution is 7.13. The number of aryl methyl sites for hydroxylation is 1. The molecule has 23 heavy (non-hydrogen) atoms. The number of rotatable bonds is 4. The maximum absolute atomic E-state index is 6.08. The Bertz CT molecular complexity index is 668. The Hall–Kier alpha value is -1.56. The highest BCUT2D eigenvalue weighted by atomic mass is 32.1. The topological polar surface area (TPSA) is 41.7 Å². The first-order valence-electron chi connectivity index (χ1n) is 7.97. The first-order valence-corrected chi connectivity index (χ1v) is 8.78. The van der Waals surface area contributed by atoms with Crippen molar-refractivity contribution in [3.05, 3.63) is 45.8 Å². The van der Waals surface area contributed by atoms with Gasteiger partial charge in [0.05, 0.1) is 18.9 Å². The Morgan fingerprint density at radius 3 is 2.78 bits per heavy atom. The van der Waals surface area contributed by atoms with Crippen LogP contribution in [0.4, 0.5) is 0 Å². The number of thiophene rings is 1. The van der Waals surface area contributed by atoms with E-state index in [1.807, 2.05) is 18.4 Å². The van der Waals surface area contributed by atoms with Crippen LogP contribution in [0.5, 0.6) is 0 Å². The lowest BCUT2D eigenvalue weighted by Crippen LogP contribution is -2.29. The molecule has 1 aromatic heterocycles. The van der Waals surface area contributed by atoms with Crippen LogP contribution in [0.2, 0.25) is 0 Å². The molecule has 124 valence electrons. The van der Waals surface area contributed by atoms with Gasteiger partial charge in [-0.05, 0) is 19.9 Å². The first-order chi connectivity index (χ1) is 11.0. The molecule has 1 aromatic rings. The third kappa shape index (κ3) is 3.37. The van der Waals surface area contributed by atoms with Crippen molar-refractivity contribution in [3.8, 4) is 0 Å². The van der Waals surface area contributed by atoms with Crippen molar-refractivity contribution in [2.75, 3.05) is 27.3 Å². The summed E-state index contributed by atoms with van der Waals surface area (Å²) in [6.07, 6.45) is 8.91. The zero-order valence-corrected chi connectivity index (χ0v) is 15.1. The van der Waals surface area contributed by atoms with Crippen molar-refractivity contribution < 1.29 is 4.74 Å². The fourth-order valence-electron chi connectivity index (χ4n) is 2.75. The summed E-state index contributed by atoms with van der Waals surface area (Å²) in [5, 5.41) is 1.72.